The van der Waals surface area contributed by atoms with Crippen molar-refractivity contribution in [1.29, 1.82) is 5.26 Å². The third kappa shape index (κ3) is 1.16. The molecule has 0 spiro atoms. The van der Waals surface area contributed by atoms with Gasteiger partial charge in [0.15, 0.2) is 0 Å². The van der Waals surface area contributed by atoms with Crippen molar-refractivity contribution in [2.24, 2.45) is 0 Å². The summed E-state index contributed by atoms with van der Waals surface area (Å²) in [6.07, 6.45) is 3.25. The number of hydrogen-bond donors (Lipinski definition) is 1. The number of nitrogen functional groups attached to an aromatic ring is 1. The molecule has 0 saturated heterocycles. The summed E-state index contributed by atoms with van der Waals surface area (Å²) < 4.78 is 1.37. The van der Waals surface area contributed by atoms with Gasteiger partial charge in [-0.05, 0) is 6.26 Å². The molecule has 6 nitrogen and oxygen atoms in total. The summed E-state index contributed by atoms with van der Waals surface area (Å²) in [6, 6.07) is 1.93. The second kappa shape index (κ2) is 3.16. The van der Waals surface area contributed by atoms with Crippen LogP contribution in [-0.4, -0.2) is 25.8 Å². The van der Waals surface area contributed by atoms with Crippen LogP contribution in [0.15, 0.2) is 11.4 Å². The maximum atomic E-state index is 8.71. The van der Waals surface area contributed by atoms with Crippen molar-refractivity contribution in [1.82, 2.24) is 19.6 Å². The second-order valence-corrected chi connectivity index (χ2v) is 3.25. The molecule has 0 aliphatic heterocycles. The largest absolute Gasteiger partial charge is 0.382 e. The van der Waals surface area contributed by atoms with E-state index in [0.29, 0.717) is 16.5 Å². The number of nitriles is 1. The van der Waals surface area contributed by atoms with E-state index < -0.39 is 0 Å². The summed E-state index contributed by atoms with van der Waals surface area (Å²) in [6.45, 7) is 0. The van der Waals surface area contributed by atoms with E-state index in [-0.39, 0.29) is 5.82 Å². The number of hydrogen-bond acceptors (Lipinski definition) is 6. The van der Waals surface area contributed by atoms with Crippen molar-refractivity contribution in [2.45, 2.75) is 5.16 Å². The Hall–Kier alpha value is -1.81. The summed E-state index contributed by atoms with van der Waals surface area (Å²) in [4.78, 5) is 8.04. The van der Waals surface area contributed by atoms with Gasteiger partial charge in [-0.3, -0.25) is 0 Å². The normalized spacial score (nSPS) is 10.3. The van der Waals surface area contributed by atoms with Gasteiger partial charge < -0.3 is 5.73 Å². The van der Waals surface area contributed by atoms with Gasteiger partial charge in [-0.15, -0.1) is 5.10 Å². The smallest absolute Gasteiger partial charge is 0.255 e. The third-order valence-electron chi connectivity index (χ3n) is 1.69. The number of rotatable bonds is 1. The lowest BCUT2D eigenvalue weighted by atomic mass is 10.3. The van der Waals surface area contributed by atoms with Gasteiger partial charge in [0.05, 0.1) is 6.20 Å². The maximum Gasteiger partial charge on any atom is 0.255 e. The van der Waals surface area contributed by atoms with Gasteiger partial charge in [-0.1, -0.05) is 11.8 Å². The molecule has 0 saturated carbocycles. The van der Waals surface area contributed by atoms with E-state index in [1.165, 1.54) is 22.5 Å². The molecule has 7 heteroatoms. The molecule has 0 amide bonds. The first-order valence-electron chi connectivity index (χ1n) is 3.71. The summed E-state index contributed by atoms with van der Waals surface area (Å²) in [7, 11) is 0. The fourth-order valence-electron chi connectivity index (χ4n) is 1.01. The first-order valence-corrected chi connectivity index (χ1v) is 4.94. The molecule has 2 aromatic rings. The lowest BCUT2D eigenvalue weighted by Gasteiger charge is -1.97. The zero-order valence-corrected chi connectivity index (χ0v) is 8.12. The number of thioether (sulfide) groups is 1. The molecule has 0 aliphatic carbocycles. The SMILES string of the molecule is CSc1nc2ncc(C#N)c(N)n2n1. The molecular formula is C7H6N6S. The topological polar surface area (TPSA) is 92.9 Å². The van der Waals surface area contributed by atoms with Crippen molar-refractivity contribution >= 4 is 23.4 Å². The maximum absolute atomic E-state index is 8.71. The Bertz CT molecular complexity index is 525. The van der Waals surface area contributed by atoms with Crippen LogP contribution in [0.3, 0.4) is 0 Å². The van der Waals surface area contributed by atoms with E-state index in [0.717, 1.165) is 0 Å². The summed E-state index contributed by atoms with van der Waals surface area (Å²) in [5.74, 6) is 0.677. The molecule has 2 aromatic heterocycles. The zero-order chi connectivity index (χ0) is 10.1. The van der Waals surface area contributed by atoms with E-state index in [1.54, 1.807) is 0 Å². The molecule has 14 heavy (non-hydrogen) atoms. The van der Waals surface area contributed by atoms with Crippen molar-refractivity contribution in [3.63, 3.8) is 0 Å². The van der Waals surface area contributed by atoms with Gasteiger partial charge >= 0.3 is 0 Å². The average Bonchev–Trinajstić information content (AvgIpc) is 2.62. The van der Waals surface area contributed by atoms with Crippen LogP contribution >= 0.6 is 11.8 Å². The lowest BCUT2D eigenvalue weighted by molar-refractivity contribution is 0.888. The molecule has 0 unspecified atom stereocenters. The summed E-state index contributed by atoms with van der Waals surface area (Å²) in [5.41, 5.74) is 5.99. The molecule has 0 radical (unpaired) electrons. The molecule has 0 aliphatic rings. The number of fused-ring (bicyclic) bond motifs is 1. The lowest BCUT2D eigenvalue weighted by Crippen LogP contribution is -2.03. The van der Waals surface area contributed by atoms with Gasteiger partial charge in [0.1, 0.15) is 17.5 Å². The Labute approximate surface area is 83.8 Å². The van der Waals surface area contributed by atoms with Gasteiger partial charge in [-0.2, -0.15) is 14.8 Å². The Morgan fingerprint density at radius 1 is 1.64 bits per heavy atom. The molecule has 2 rings (SSSR count). The summed E-state index contributed by atoms with van der Waals surface area (Å²) >= 11 is 1.40. The predicted molar refractivity (Wildman–Crippen MR) is 51.7 cm³/mol. The zero-order valence-electron chi connectivity index (χ0n) is 7.30. The van der Waals surface area contributed by atoms with Gasteiger partial charge in [0.2, 0.25) is 5.16 Å². The van der Waals surface area contributed by atoms with Crippen LogP contribution < -0.4 is 5.73 Å². The predicted octanol–water partition coefficient (Wildman–Crippen LogP) is 0.300. The molecule has 2 N–H and O–H groups in total. The van der Waals surface area contributed by atoms with Crippen LogP contribution in [0.4, 0.5) is 5.82 Å². The highest BCUT2D eigenvalue weighted by Gasteiger charge is 2.09. The van der Waals surface area contributed by atoms with Crippen molar-refractivity contribution in [2.75, 3.05) is 12.0 Å². The van der Waals surface area contributed by atoms with Crippen LogP contribution in [0, 0.1) is 11.3 Å². The van der Waals surface area contributed by atoms with Crippen LogP contribution in [0.5, 0.6) is 0 Å². The van der Waals surface area contributed by atoms with E-state index >= 15 is 0 Å². The number of anilines is 1. The molecule has 0 aromatic carbocycles. The van der Waals surface area contributed by atoms with Gasteiger partial charge in [-0.25, -0.2) is 4.98 Å². The highest BCUT2D eigenvalue weighted by atomic mass is 32.2. The van der Waals surface area contributed by atoms with E-state index in [4.69, 9.17) is 11.0 Å². The van der Waals surface area contributed by atoms with Crippen LogP contribution in [0.1, 0.15) is 5.56 Å². The number of nitrogens with zero attached hydrogens (tertiary/aromatic N) is 5. The average molecular weight is 206 g/mol. The highest BCUT2D eigenvalue weighted by molar-refractivity contribution is 7.98. The molecule has 70 valence electrons. The first-order chi connectivity index (χ1) is 6.76. The van der Waals surface area contributed by atoms with E-state index in [1.807, 2.05) is 12.3 Å². The Kier molecular flexibility index (Phi) is 1.98. The molecule has 0 bridgehead atoms. The summed E-state index contributed by atoms with van der Waals surface area (Å²) in [5, 5.41) is 13.4. The Morgan fingerprint density at radius 3 is 3.07 bits per heavy atom. The minimum atomic E-state index is 0.269. The van der Waals surface area contributed by atoms with Crippen LogP contribution in [-0.2, 0) is 0 Å². The molecule has 2 heterocycles. The third-order valence-corrected chi connectivity index (χ3v) is 2.23. The minimum Gasteiger partial charge on any atom is -0.382 e. The Balaban J connectivity index is 2.76. The fourth-order valence-corrected chi connectivity index (χ4v) is 1.34. The number of aromatic nitrogens is 4. The molecule has 0 fully saturated rings. The van der Waals surface area contributed by atoms with E-state index in [9.17, 15) is 0 Å². The second-order valence-electron chi connectivity index (χ2n) is 2.48. The molecule has 0 atom stereocenters. The standard InChI is InChI=1S/C7H6N6S/c1-14-7-11-6-10-3-4(2-8)5(9)13(6)12-7/h3H,9H2,1H3. The fraction of sp³-hybridized carbons (Fsp3) is 0.143. The van der Waals surface area contributed by atoms with Crippen molar-refractivity contribution < 1.29 is 0 Å². The van der Waals surface area contributed by atoms with E-state index in [2.05, 4.69) is 15.1 Å². The van der Waals surface area contributed by atoms with Gasteiger partial charge in [0, 0.05) is 0 Å². The molecular weight excluding hydrogens is 200 g/mol. The van der Waals surface area contributed by atoms with Gasteiger partial charge in [0.25, 0.3) is 5.78 Å². The monoisotopic (exact) mass is 206 g/mol. The quantitative estimate of drug-likeness (QED) is 0.674. The van der Waals surface area contributed by atoms with Crippen molar-refractivity contribution in [3.8, 4) is 6.07 Å². The van der Waals surface area contributed by atoms with Crippen LogP contribution in [0.25, 0.3) is 5.78 Å². The highest BCUT2D eigenvalue weighted by Crippen LogP contribution is 2.14. The Morgan fingerprint density at radius 2 is 2.43 bits per heavy atom. The minimum absolute atomic E-state index is 0.269. The van der Waals surface area contributed by atoms with Crippen LogP contribution in [0.2, 0.25) is 0 Å². The van der Waals surface area contributed by atoms with Crippen molar-refractivity contribution in [3.05, 3.63) is 11.8 Å². The first kappa shape index (κ1) is 8.77. The number of nitrogens with two attached hydrogens (primary N) is 1.